The van der Waals surface area contributed by atoms with Crippen molar-refractivity contribution in [1.82, 2.24) is 30.0 Å². The van der Waals surface area contributed by atoms with Crippen molar-refractivity contribution in [1.29, 1.82) is 0 Å². The van der Waals surface area contributed by atoms with Gasteiger partial charge in [0, 0.05) is 19.5 Å². The second-order valence-electron chi connectivity index (χ2n) is 6.93. The highest BCUT2D eigenvalue weighted by molar-refractivity contribution is 6.00. The molecule has 2 atom stereocenters. The first-order chi connectivity index (χ1) is 12.5. The number of aromatic nitrogens is 5. The standard InChI is InChI=1S/C16H21N7O3/c1-9(2)11-4-5-12-19-14(20-22(11)12)15(24)18-10-8-26-23-13(6-7-17-23)21(3)16(10)25/h6-7,9-11H,4-5,8H2,1-3H3,(H,18,24)/t10-,11-/m0/s1. The molecule has 0 fully saturated rings. The van der Waals surface area contributed by atoms with Crippen LogP contribution in [0, 0.1) is 5.92 Å². The number of likely N-dealkylation sites (N-methyl/N-ethyl adjacent to an activating group) is 1. The third-order valence-corrected chi connectivity index (χ3v) is 4.88. The molecule has 0 aliphatic carbocycles. The second-order valence-corrected chi connectivity index (χ2v) is 6.93. The molecule has 2 aromatic heterocycles. The maximum absolute atomic E-state index is 12.6. The molecular weight excluding hydrogens is 338 g/mol. The first-order valence-corrected chi connectivity index (χ1v) is 8.67. The van der Waals surface area contributed by atoms with Gasteiger partial charge < -0.3 is 10.2 Å². The fraction of sp³-hybridized carbons (Fsp3) is 0.562. The molecule has 0 unspecified atom stereocenters. The van der Waals surface area contributed by atoms with Crippen molar-refractivity contribution in [2.75, 3.05) is 18.6 Å². The Balaban J connectivity index is 1.50. The highest BCUT2D eigenvalue weighted by Gasteiger charge is 2.34. The third-order valence-electron chi connectivity index (χ3n) is 4.88. The van der Waals surface area contributed by atoms with Gasteiger partial charge in [-0.1, -0.05) is 18.7 Å². The van der Waals surface area contributed by atoms with Gasteiger partial charge in [-0.15, -0.1) is 10.2 Å². The molecule has 2 amide bonds. The van der Waals surface area contributed by atoms with Crippen LogP contribution < -0.4 is 15.1 Å². The lowest BCUT2D eigenvalue weighted by molar-refractivity contribution is -0.120. The SMILES string of the molecule is CC(C)[C@@H]1CCc2nc(C(=O)N[C@H]3COn4nccc4N(C)C3=O)nn21. The van der Waals surface area contributed by atoms with Crippen molar-refractivity contribution in [3.63, 3.8) is 0 Å². The average molecular weight is 359 g/mol. The van der Waals surface area contributed by atoms with Crippen LogP contribution >= 0.6 is 0 Å². The Bertz CT molecular complexity index is 856. The third kappa shape index (κ3) is 2.61. The summed E-state index contributed by atoms with van der Waals surface area (Å²) in [5.41, 5.74) is 0. The molecule has 2 aliphatic rings. The molecule has 0 aromatic carbocycles. The van der Waals surface area contributed by atoms with Gasteiger partial charge in [0.15, 0.2) is 5.82 Å². The summed E-state index contributed by atoms with van der Waals surface area (Å²) in [4.78, 5) is 37.7. The Labute approximate surface area is 150 Å². The number of nitrogens with one attached hydrogen (secondary N) is 1. The van der Waals surface area contributed by atoms with Crippen LogP contribution in [0.25, 0.3) is 0 Å². The van der Waals surface area contributed by atoms with Crippen molar-refractivity contribution < 1.29 is 14.4 Å². The van der Waals surface area contributed by atoms with E-state index in [2.05, 4.69) is 34.3 Å². The number of anilines is 1. The summed E-state index contributed by atoms with van der Waals surface area (Å²) in [5.74, 6) is 1.05. The summed E-state index contributed by atoms with van der Waals surface area (Å²) in [5, 5.41) is 11.0. The Hall–Kier alpha value is -2.91. The molecule has 4 rings (SSSR count). The van der Waals surface area contributed by atoms with E-state index in [9.17, 15) is 9.59 Å². The van der Waals surface area contributed by atoms with Gasteiger partial charge in [-0.2, -0.15) is 0 Å². The highest BCUT2D eigenvalue weighted by atomic mass is 16.7. The summed E-state index contributed by atoms with van der Waals surface area (Å²) in [6.45, 7) is 4.23. The molecule has 2 aliphatic heterocycles. The van der Waals surface area contributed by atoms with Gasteiger partial charge in [-0.3, -0.25) is 14.5 Å². The number of rotatable bonds is 3. The Morgan fingerprint density at radius 1 is 1.42 bits per heavy atom. The molecule has 0 radical (unpaired) electrons. The first kappa shape index (κ1) is 16.6. The summed E-state index contributed by atoms with van der Waals surface area (Å²) >= 11 is 0. The Kier molecular flexibility index (Phi) is 3.89. The van der Waals surface area contributed by atoms with Crippen LogP contribution in [-0.2, 0) is 11.2 Å². The Morgan fingerprint density at radius 2 is 2.23 bits per heavy atom. The number of carbonyl (C=O) groups excluding carboxylic acids is 2. The van der Waals surface area contributed by atoms with Gasteiger partial charge in [0.05, 0.1) is 12.2 Å². The number of fused-ring (bicyclic) bond motifs is 2. The number of hydrogen-bond donors (Lipinski definition) is 1. The van der Waals surface area contributed by atoms with Crippen molar-refractivity contribution >= 4 is 17.6 Å². The average Bonchev–Trinajstić information content (AvgIpc) is 3.29. The molecule has 0 saturated carbocycles. The largest absolute Gasteiger partial charge is 0.392 e. The summed E-state index contributed by atoms with van der Waals surface area (Å²) in [6.07, 6.45) is 3.33. The van der Waals surface area contributed by atoms with Gasteiger partial charge in [0.1, 0.15) is 18.5 Å². The molecule has 26 heavy (non-hydrogen) atoms. The first-order valence-electron chi connectivity index (χ1n) is 8.67. The van der Waals surface area contributed by atoms with Crippen molar-refractivity contribution in [3.8, 4) is 0 Å². The van der Waals surface area contributed by atoms with Crippen LogP contribution in [0.2, 0.25) is 0 Å². The van der Waals surface area contributed by atoms with E-state index >= 15 is 0 Å². The minimum Gasteiger partial charge on any atom is -0.392 e. The predicted molar refractivity (Wildman–Crippen MR) is 90.6 cm³/mol. The van der Waals surface area contributed by atoms with Gasteiger partial charge in [-0.05, 0) is 12.3 Å². The molecule has 0 saturated heterocycles. The zero-order valence-corrected chi connectivity index (χ0v) is 14.9. The lowest BCUT2D eigenvalue weighted by Crippen LogP contribution is -2.49. The number of hydrogen-bond acceptors (Lipinski definition) is 6. The van der Waals surface area contributed by atoms with E-state index in [1.54, 1.807) is 19.3 Å². The van der Waals surface area contributed by atoms with Crippen molar-refractivity contribution in [2.24, 2.45) is 5.92 Å². The fourth-order valence-electron chi connectivity index (χ4n) is 3.42. The van der Waals surface area contributed by atoms with Crippen molar-refractivity contribution in [3.05, 3.63) is 23.9 Å². The monoisotopic (exact) mass is 359 g/mol. The van der Waals surface area contributed by atoms with Gasteiger partial charge >= 0.3 is 0 Å². The Morgan fingerprint density at radius 3 is 3.00 bits per heavy atom. The van der Waals surface area contributed by atoms with Crippen molar-refractivity contribution in [2.45, 2.75) is 38.8 Å². The minimum atomic E-state index is -0.839. The molecule has 138 valence electrons. The van der Waals surface area contributed by atoms with Crippen LogP contribution in [0.15, 0.2) is 12.3 Å². The van der Waals surface area contributed by atoms with Crippen LogP contribution in [0.4, 0.5) is 5.82 Å². The van der Waals surface area contributed by atoms with E-state index in [0.717, 1.165) is 18.7 Å². The maximum Gasteiger partial charge on any atom is 0.291 e. The summed E-state index contributed by atoms with van der Waals surface area (Å²) in [6, 6.07) is 1.08. The lowest BCUT2D eigenvalue weighted by Gasteiger charge is -2.18. The quantitative estimate of drug-likeness (QED) is 0.815. The predicted octanol–water partition coefficient (Wildman–Crippen LogP) is -0.178. The molecule has 4 heterocycles. The summed E-state index contributed by atoms with van der Waals surface area (Å²) < 4.78 is 1.84. The summed E-state index contributed by atoms with van der Waals surface area (Å²) in [7, 11) is 1.61. The van der Waals surface area contributed by atoms with Gasteiger partial charge in [-0.25, -0.2) is 9.67 Å². The highest BCUT2D eigenvalue weighted by Crippen LogP contribution is 2.30. The topological polar surface area (TPSA) is 107 Å². The molecule has 2 aromatic rings. The minimum absolute atomic E-state index is 0.0220. The second kappa shape index (κ2) is 6.11. The van der Waals surface area contributed by atoms with Gasteiger partial charge in [0.25, 0.3) is 11.8 Å². The van der Waals surface area contributed by atoms with Crippen LogP contribution in [0.5, 0.6) is 0 Å². The van der Waals surface area contributed by atoms with Gasteiger partial charge in [0.2, 0.25) is 5.82 Å². The number of nitrogens with zero attached hydrogens (tertiary/aromatic N) is 6. The van der Waals surface area contributed by atoms with E-state index in [-0.39, 0.29) is 24.4 Å². The molecule has 0 bridgehead atoms. The molecule has 10 nitrogen and oxygen atoms in total. The van der Waals surface area contributed by atoms with Crippen LogP contribution in [0.1, 0.15) is 42.8 Å². The molecule has 10 heteroatoms. The molecule has 0 spiro atoms. The fourth-order valence-corrected chi connectivity index (χ4v) is 3.42. The van der Waals surface area contributed by atoms with Crippen LogP contribution in [-0.4, -0.2) is 56.2 Å². The van der Waals surface area contributed by atoms with Crippen LogP contribution in [0.3, 0.4) is 0 Å². The van der Waals surface area contributed by atoms with E-state index in [1.165, 1.54) is 9.75 Å². The maximum atomic E-state index is 12.6. The smallest absolute Gasteiger partial charge is 0.291 e. The zero-order valence-electron chi connectivity index (χ0n) is 14.9. The van der Waals surface area contributed by atoms with E-state index < -0.39 is 11.9 Å². The van der Waals surface area contributed by atoms with E-state index in [0.29, 0.717) is 11.7 Å². The van der Waals surface area contributed by atoms with E-state index in [1.807, 2.05) is 4.68 Å². The number of amides is 2. The van der Waals surface area contributed by atoms with E-state index in [4.69, 9.17) is 4.84 Å². The molecular formula is C16H21N7O3. The number of carbonyl (C=O) groups is 2. The molecule has 1 N–H and O–H groups in total. The lowest BCUT2D eigenvalue weighted by atomic mass is 10.0. The zero-order chi connectivity index (χ0) is 18.4. The number of aryl methyl sites for hydroxylation is 1. The normalized spacial score (nSPS) is 22.0.